The number of nitrogens with zero attached hydrogens (tertiary/aromatic N) is 2. The topological polar surface area (TPSA) is 26.7 Å². The maximum Gasteiger partial charge on any atom is 0.0479 e. The number of benzene rings is 2. The molecule has 3 heteroatoms. The zero-order chi connectivity index (χ0) is 15.9. The molecule has 1 atom stereocenters. The second-order valence-corrected chi connectivity index (χ2v) is 6.26. The van der Waals surface area contributed by atoms with Gasteiger partial charge in [0.25, 0.3) is 0 Å². The molecule has 0 saturated carbocycles. The van der Waals surface area contributed by atoms with Crippen molar-refractivity contribution in [2.75, 3.05) is 32.8 Å². The molecule has 0 radical (unpaired) electrons. The van der Waals surface area contributed by atoms with Crippen LogP contribution >= 0.6 is 0 Å². The summed E-state index contributed by atoms with van der Waals surface area (Å²) in [5, 5.41) is 9.09. The zero-order valence-electron chi connectivity index (χ0n) is 13.6. The fourth-order valence-corrected chi connectivity index (χ4v) is 3.37. The van der Waals surface area contributed by atoms with Crippen molar-refractivity contribution < 1.29 is 5.11 Å². The number of aliphatic hydroxyl groups excluding tert-OH is 1. The van der Waals surface area contributed by atoms with Gasteiger partial charge in [-0.25, -0.2) is 0 Å². The maximum absolute atomic E-state index is 9.09. The number of aliphatic hydroxyl groups is 1. The molecule has 1 unspecified atom stereocenters. The van der Waals surface area contributed by atoms with Crippen LogP contribution in [0.4, 0.5) is 0 Å². The minimum absolute atomic E-state index is 0.278. The molecule has 1 saturated heterocycles. The Labute approximate surface area is 139 Å². The van der Waals surface area contributed by atoms with E-state index in [9.17, 15) is 0 Å². The molecule has 0 spiro atoms. The van der Waals surface area contributed by atoms with E-state index in [1.807, 2.05) is 0 Å². The van der Waals surface area contributed by atoms with Crippen LogP contribution in [-0.2, 0) is 6.54 Å². The number of rotatable bonds is 6. The minimum atomic E-state index is 0.278. The van der Waals surface area contributed by atoms with Gasteiger partial charge in [-0.15, -0.1) is 0 Å². The van der Waals surface area contributed by atoms with Gasteiger partial charge in [-0.05, 0) is 17.5 Å². The Morgan fingerprint density at radius 3 is 2.30 bits per heavy atom. The van der Waals surface area contributed by atoms with E-state index >= 15 is 0 Å². The quantitative estimate of drug-likeness (QED) is 0.889. The van der Waals surface area contributed by atoms with Crippen LogP contribution in [0.1, 0.15) is 23.6 Å². The van der Waals surface area contributed by atoms with Crippen molar-refractivity contribution in [1.82, 2.24) is 9.80 Å². The molecule has 2 aromatic carbocycles. The van der Waals surface area contributed by atoms with E-state index < -0.39 is 0 Å². The normalized spacial score (nSPS) is 19.8. The summed E-state index contributed by atoms with van der Waals surface area (Å²) in [6.45, 7) is 5.44. The number of hydrogen-bond donors (Lipinski definition) is 1. The second-order valence-electron chi connectivity index (χ2n) is 6.26. The Hall–Kier alpha value is -1.68. The fourth-order valence-electron chi connectivity index (χ4n) is 3.37. The molecule has 23 heavy (non-hydrogen) atoms. The molecule has 1 N–H and O–H groups in total. The Morgan fingerprint density at radius 1 is 0.913 bits per heavy atom. The van der Waals surface area contributed by atoms with E-state index in [1.165, 1.54) is 11.1 Å². The molecule has 3 rings (SSSR count). The van der Waals surface area contributed by atoms with E-state index in [-0.39, 0.29) is 6.61 Å². The first kappa shape index (κ1) is 16.2. The lowest BCUT2D eigenvalue weighted by Crippen LogP contribution is -2.48. The lowest BCUT2D eigenvalue weighted by Gasteiger charge is -2.42. The third kappa shape index (κ3) is 4.41. The SMILES string of the molecule is OCCCN1CCN(Cc2ccccc2)C(c2ccccc2)C1. The van der Waals surface area contributed by atoms with E-state index in [4.69, 9.17) is 5.11 Å². The summed E-state index contributed by atoms with van der Waals surface area (Å²) < 4.78 is 0. The molecular formula is C20H26N2O. The summed E-state index contributed by atoms with van der Waals surface area (Å²) in [6, 6.07) is 21.9. The smallest absolute Gasteiger partial charge is 0.0479 e. The lowest BCUT2D eigenvalue weighted by molar-refractivity contribution is 0.0642. The number of piperazine rings is 1. The van der Waals surface area contributed by atoms with Gasteiger partial charge in [0, 0.05) is 45.4 Å². The van der Waals surface area contributed by atoms with Crippen LogP contribution < -0.4 is 0 Å². The van der Waals surface area contributed by atoms with E-state index in [0.29, 0.717) is 6.04 Å². The van der Waals surface area contributed by atoms with Crippen molar-refractivity contribution in [3.05, 3.63) is 71.8 Å². The summed E-state index contributed by atoms with van der Waals surface area (Å²) in [6.07, 6.45) is 0.861. The molecule has 0 amide bonds. The molecule has 0 bridgehead atoms. The molecule has 2 aromatic rings. The first-order valence-electron chi connectivity index (χ1n) is 8.53. The Kier molecular flexibility index (Phi) is 5.81. The highest BCUT2D eigenvalue weighted by molar-refractivity contribution is 5.21. The summed E-state index contributed by atoms with van der Waals surface area (Å²) in [5.41, 5.74) is 2.76. The van der Waals surface area contributed by atoms with Crippen molar-refractivity contribution in [2.45, 2.75) is 19.0 Å². The van der Waals surface area contributed by atoms with Gasteiger partial charge in [-0.1, -0.05) is 60.7 Å². The van der Waals surface area contributed by atoms with Crippen LogP contribution in [0.2, 0.25) is 0 Å². The molecule has 3 nitrogen and oxygen atoms in total. The predicted octanol–water partition coefficient (Wildman–Crippen LogP) is 2.93. The average molecular weight is 310 g/mol. The van der Waals surface area contributed by atoms with Gasteiger partial charge in [-0.3, -0.25) is 4.90 Å². The van der Waals surface area contributed by atoms with Crippen molar-refractivity contribution in [2.24, 2.45) is 0 Å². The summed E-state index contributed by atoms with van der Waals surface area (Å²) >= 11 is 0. The van der Waals surface area contributed by atoms with Crippen molar-refractivity contribution in [3.8, 4) is 0 Å². The highest BCUT2D eigenvalue weighted by Gasteiger charge is 2.27. The van der Waals surface area contributed by atoms with E-state index in [2.05, 4.69) is 70.5 Å². The fraction of sp³-hybridized carbons (Fsp3) is 0.400. The second kappa shape index (κ2) is 8.25. The summed E-state index contributed by atoms with van der Waals surface area (Å²) in [5.74, 6) is 0. The molecular weight excluding hydrogens is 284 g/mol. The van der Waals surface area contributed by atoms with E-state index in [0.717, 1.165) is 39.1 Å². The van der Waals surface area contributed by atoms with Gasteiger partial charge < -0.3 is 10.0 Å². The van der Waals surface area contributed by atoms with E-state index in [1.54, 1.807) is 0 Å². The van der Waals surface area contributed by atoms with Gasteiger partial charge in [0.05, 0.1) is 0 Å². The maximum atomic E-state index is 9.09. The largest absolute Gasteiger partial charge is 0.396 e. The number of hydrogen-bond acceptors (Lipinski definition) is 3. The van der Waals surface area contributed by atoms with Crippen molar-refractivity contribution >= 4 is 0 Å². The Bertz CT molecular complexity index is 573. The van der Waals surface area contributed by atoms with Gasteiger partial charge in [-0.2, -0.15) is 0 Å². The van der Waals surface area contributed by atoms with Crippen LogP contribution in [0.5, 0.6) is 0 Å². The van der Waals surface area contributed by atoms with Gasteiger partial charge in [0.2, 0.25) is 0 Å². The first-order valence-corrected chi connectivity index (χ1v) is 8.53. The van der Waals surface area contributed by atoms with Gasteiger partial charge in [0.15, 0.2) is 0 Å². The van der Waals surface area contributed by atoms with Crippen LogP contribution in [0.25, 0.3) is 0 Å². The molecule has 1 aliphatic rings. The molecule has 1 heterocycles. The van der Waals surface area contributed by atoms with Crippen LogP contribution in [-0.4, -0.2) is 47.7 Å². The summed E-state index contributed by atoms with van der Waals surface area (Å²) in [7, 11) is 0. The van der Waals surface area contributed by atoms with Gasteiger partial charge in [0.1, 0.15) is 0 Å². The lowest BCUT2D eigenvalue weighted by atomic mass is 10.0. The first-order chi connectivity index (χ1) is 11.4. The van der Waals surface area contributed by atoms with Crippen LogP contribution in [0.3, 0.4) is 0 Å². The molecule has 1 aliphatic heterocycles. The van der Waals surface area contributed by atoms with Gasteiger partial charge >= 0.3 is 0 Å². The third-order valence-electron chi connectivity index (χ3n) is 4.62. The highest BCUT2D eigenvalue weighted by atomic mass is 16.3. The monoisotopic (exact) mass is 310 g/mol. The van der Waals surface area contributed by atoms with Crippen molar-refractivity contribution in [1.29, 1.82) is 0 Å². The predicted molar refractivity (Wildman–Crippen MR) is 94.2 cm³/mol. The highest BCUT2D eigenvalue weighted by Crippen LogP contribution is 2.27. The minimum Gasteiger partial charge on any atom is -0.396 e. The average Bonchev–Trinajstić information content (AvgIpc) is 2.62. The molecule has 0 aromatic heterocycles. The molecule has 0 aliphatic carbocycles. The Morgan fingerprint density at radius 2 is 1.61 bits per heavy atom. The van der Waals surface area contributed by atoms with Crippen LogP contribution in [0, 0.1) is 0 Å². The molecule has 1 fully saturated rings. The molecule has 122 valence electrons. The Balaban J connectivity index is 1.74. The van der Waals surface area contributed by atoms with Crippen molar-refractivity contribution in [3.63, 3.8) is 0 Å². The third-order valence-corrected chi connectivity index (χ3v) is 4.62. The zero-order valence-corrected chi connectivity index (χ0v) is 13.6. The standard InChI is InChI=1S/C20H26N2O/c23-15-7-12-21-13-14-22(16-18-8-3-1-4-9-18)20(17-21)19-10-5-2-6-11-19/h1-6,8-11,20,23H,7,12-17H2. The summed E-state index contributed by atoms with van der Waals surface area (Å²) in [4.78, 5) is 5.06. The van der Waals surface area contributed by atoms with Crippen LogP contribution in [0.15, 0.2) is 60.7 Å².